The largest absolute Gasteiger partial charge is 0.465 e. The molecular formula is C13H19NO4. The van der Waals surface area contributed by atoms with Crippen LogP contribution in [-0.4, -0.2) is 33.6 Å². The molecule has 5 nitrogen and oxygen atoms in total. The van der Waals surface area contributed by atoms with Gasteiger partial charge >= 0.3 is 6.09 Å². The zero-order valence-corrected chi connectivity index (χ0v) is 10.3. The van der Waals surface area contributed by atoms with Crippen molar-refractivity contribution < 1.29 is 20.1 Å². The average Bonchev–Trinajstić information content (AvgIpc) is 2.34. The van der Waals surface area contributed by atoms with E-state index in [1.165, 1.54) is 0 Å². The van der Waals surface area contributed by atoms with Crippen LogP contribution in [0.15, 0.2) is 30.3 Å². The fourth-order valence-corrected chi connectivity index (χ4v) is 1.95. The molecule has 1 aromatic rings. The Balaban J connectivity index is 2.94. The topological polar surface area (TPSA) is 89.8 Å². The van der Waals surface area contributed by atoms with E-state index in [-0.39, 0.29) is 6.61 Å². The van der Waals surface area contributed by atoms with Crippen molar-refractivity contribution in [3.8, 4) is 0 Å². The molecule has 0 radical (unpaired) electrons. The van der Waals surface area contributed by atoms with Crippen LogP contribution in [0.1, 0.15) is 31.4 Å². The number of nitrogens with one attached hydrogen (secondary N) is 1. The third kappa shape index (κ3) is 4.01. The summed E-state index contributed by atoms with van der Waals surface area (Å²) in [6.45, 7) is 1.53. The quantitative estimate of drug-likeness (QED) is 0.618. The smallest absolute Gasteiger partial charge is 0.405 e. The van der Waals surface area contributed by atoms with Crippen LogP contribution >= 0.6 is 0 Å². The molecule has 0 aliphatic rings. The summed E-state index contributed by atoms with van der Waals surface area (Å²) in [7, 11) is 0. The molecule has 1 rings (SSSR count). The minimum Gasteiger partial charge on any atom is -0.465 e. The first-order valence-corrected chi connectivity index (χ1v) is 5.85. The molecule has 4 N–H and O–H groups in total. The van der Waals surface area contributed by atoms with Crippen molar-refractivity contribution in [1.29, 1.82) is 0 Å². The van der Waals surface area contributed by atoms with Crippen molar-refractivity contribution in [2.24, 2.45) is 0 Å². The lowest BCUT2D eigenvalue weighted by Gasteiger charge is -2.33. The van der Waals surface area contributed by atoms with Crippen LogP contribution in [0, 0.1) is 0 Å². The molecule has 2 atom stereocenters. The van der Waals surface area contributed by atoms with E-state index in [2.05, 4.69) is 5.32 Å². The van der Waals surface area contributed by atoms with Gasteiger partial charge in [0.05, 0.1) is 11.6 Å². The molecular weight excluding hydrogens is 234 g/mol. The summed E-state index contributed by atoms with van der Waals surface area (Å²) in [5.74, 6) is 0. The molecule has 100 valence electrons. The summed E-state index contributed by atoms with van der Waals surface area (Å²) in [5, 5.41) is 30.4. The van der Waals surface area contributed by atoms with Crippen LogP contribution in [0.3, 0.4) is 0 Å². The number of rotatable bonds is 6. The van der Waals surface area contributed by atoms with Gasteiger partial charge in [-0.15, -0.1) is 0 Å². The lowest BCUT2D eigenvalue weighted by Crippen LogP contribution is -2.43. The number of carbonyl (C=O) groups is 1. The lowest BCUT2D eigenvalue weighted by atomic mass is 9.86. The van der Waals surface area contributed by atoms with Crippen molar-refractivity contribution in [3.63, 3.8) is 0 Å². The van der Waals surface area contributed by atoms with E-state index in [1.807, 2.05) is 6.07 Å². The fourth-order valence-electron chi connectivity index (χ4n) is 1.95. The zero-order chi connectivity index (χ0) is 13.6. The Kier molecular flexibility index (Phi) is 5.12. The van der Waals surface area contributed by atoms with Crippen molar-refractivity contribution >= 4 is 6.09 Å². The maximum absolute atomic E-state index is 10.8. The minimum absolute atomic E-state index is 0.0370. The van der Waals surface area contributed by atoms with Gasteiger partial charge in [0.1, 0.15) is 0 Å². The fraction of sp³-hybridized carbons (Fsp3) is 0.462. The number of amides is 1. The van der Waals surface area contributed by atoms with Crippen LogP contribution in [0.25, 0.3) is 0 Å². The second-order valence-electron chi connectivity index (χ2n) is 4.48. The van der Waals surface area contributed by atoms with Gasteiger partial charge in [0.2, 0.25) is 0 Å². The number of benzene rings is 1. The van der Waals surface area contributed by atoms with Crippen molar-refractivity contribution in [3.05, 3.63) is 35.9 Å². The monoisotopic (exact) mass is 253 g/mol. The van der Waals surface area contributed by atoms with Gasteiger partial charge in [-0.05, 0) is 25.3 Å². The second kappa shape index (κ2) is 6.37. The van der Waals surface area contributed by atoms with Crippen LogP contribution in [0.5, 0.6) is 0 Å². The molecule has 2 unspecified atom stereocenters. The summed E-state index contributed by atoms with van der Waals surface area (Å²) >= 11 is 0. The zero-order valence-electron chi connectivity index (χ0n) is 10.3. The number of carboxylic acid groups (broad SMARTS) is 1. The van der Waals surface area contributed by atoms with Gasteiger partial charge in [-0.25, -0.2) is 4.79 Å². The van der Waals surface area contributed by atoms with E-state index >= 15 is 0 Å². The van der Waals surface area contributed by atoms with E-state index in [1.54, 1.807) is 31.2 Å². The molecule has 0 aromatic heterocycles. The van der Waals surface area contributed by atoms with E-state index in [4.69, 9.17) is 10.2 Å². The molecule has 5 heteroatoms. The number of aliphatic hydroxyl groups is 2. The summed E-state index contributed by atoms with van der Waals surface area (Å²) in [6, 6.07) is 8.19. The van der Waals surface area contributed by atoms with Gasteiger partial charge in [-0.1, -0.05) is 30.3 Å². The molecule has 0 fully saturated rings. The Morgan fingerprint density at radius 1 is 1.39 bits per heavy atom. The Bertz CT molecular complexity index is 378. The van der Waals surface area contributed by atoms with Crippen molar-refractivity contribution in [2.75, 3.05) is 6.61 Å². The molecule has 0 aliphatic heterocycles. The highest BCUT2D eigenvalue weighted by molar-refractivity contribution is 5.65. The highest BCUT2D eigenvalue weighted by Gasteiger charge is 2.33. The minimum atomic E-state index is -1.25. The maximum atomic E-state index is 10.8. The first kappa shape index (κ1) is 14.5. The standard InChI is InChI=1S/C13H19NO4/c1-13(18,8-5-9-15)11(14-12(16)17)10-6-3-2-4-7-10/h2-4,6-7,11,14-15,18H,5,8-9H2,1H3,(H,16,17). The summed E-state index contributed by atoms with van der Waals surface area (Å²) < 4.78 is 0. The lowest BCUT2D eigenvalue weighted by molar-refractivity contribution is 0.00585. The van der Waals surface area contributed by atoms with E-state index in [9.17, 15) is 9.90 Å². The van der Waals surface area contributed by atoms with Gasteiger partial charge in [-0.2, -0.15) is 0 Å². The first-order valence-electron chi connectivity index (χ1n) is 5.85. The molecule has 0 heterocycles. The number of aliphatic hydroxyl groups excluding tert-OH is 1. The molecule has 1 aromatic carbocycles. The highest BCUT2D eigenvalue weighted by Crippen LogP contribution is 2.29. The average molecular weight is 253 g/mol. The Morgan fingerprint density at radius 2 is 2.00 bits per heavy atom. The molecule has 0 saturated heterocycles. The van der Waals surface area contributed by atoms with Gasteiger partial charge in [0.25, 0.3) is 0 Å². The number of hydrogen-bond donors (Lipinski definition) is 4. The Morgan fingerprint density at radius 3 is 2.50 bits per heavy atom. The van der Waals surface area contributed by atoms with Crippen LogP contribution in [0.4, 0.5) is 4.79 Å². The maximum Gasteiger partial charge on any atom is 0.405 e. The molecule has 18 heavy (non-hydrogen) atoms. The van der Waals surface area contributed by atoms with Crippen LogP contribution in [-0.2, 0) is 0 Å². The van der Waals surface area contributed by atoms with Crippen molar-refractivity contribution in [1.82, 2.24) is 5.32 Å². The Labute approximate surface area is 106 Å². The normalized spacial score (nSPS) is 15.7. The van der Waals surface area contributed by atoms with E-state index in [0.29, 0.717) is 18.4 Å². The third-order valence-electron chi connectivity index (χ3n) is 2.86. The molecule has 0 aliphatic carbocycles. The SMILES string of the molecule is CC(O)(CCCO)C(NC(=O)O)c1ccccc1. The van der Waals surface area contributed by atoms with Gasteiger partial charge < -0.3 is 20.6 Å². The van der Waals surface area contributed by atoms with Gasteiger partial charge in [0.15, 0.2) is 0 Å². The van der Waals surface area contributed by atoms with E-state index < -0.39 is 17.7 Å². The predicted molar refractivity (Wildman–Crippen MR) is 67.3 cm³/mol. The third-order valence-corrected chi connectivity index (χ3v) is 2.86. The van der Waals surface area contributed by atoms with E-state index in [0.717, 1.165) is 0 Å². The Hall–Kier alpha value is -1.59. The molecule has 0 bridgehead atoms. The second-order valence-corrected chi connectivity index (χ2v) is 4.48. The summed E-state index contributed by atoms with van der Waals surface area (Å²) in [5.41, 5.74) is -0.550. The molecule has 0 spiro atoms. The number of hydrogen-bond acceptors (Lipinski definition) is 3. The predicted octanol–water partition coefficient (Wildman–Crippen LogP) is 1.52. The van der Waals surface area contributed by atoms with Crippen LogP contribution < -0.4 is 5.32 Å². The highest BCUT2D eigenvalue weighted by atomic mass is 16.4. The van der Waals surface area contributed by atoms with Crippen molar-refractivity contribution in [2.45, 2.75) is 31.4 Å². The van der Waals surface area contributed by atoms with Gasteiger partial charge in [0, 0.05) is 6.61 Å². The van der Waals surface area contributed by atoms with Crippen LogP contribution in [0.2, 0.25) is 0 Å². The first-order chi connectivity index (χ1) is 8.47. The molecule has 1 amide bonds. The molecule has 0 saturated carbocycles. The summed E-state index contributed by atoms with van der Waals surface area (Å²) in [4.78, 5) is 10.8. The summed E-state index contributed by atoms with van der Waals surface area (Å²) in [6.07, 6.45) is -0.464. The van der Waals surface area contributed by atoms with Gasteiger partial charge in [-0.3, -0.25) is 0 Å².